The smallest absolute Gasteiger partial charge is 0.258 e. The number of rotatable bonds is 1. The molecule has 1 aromatic carbocycles. The number of aromatic nitrogens is 1. The summed E-state index contributed by atoms with van der Waals surface area (Å²) in [5.74, 6) is -0.404. The third kappa shape index (κ3) is 1.39. The van der Waals surface area contributed by atoms with Gasteiger partial charge in [0.05, 0.1) is 10.4 Å². The molecule has 0 spiro atoms. The van der Waals surface area contributed by atoms with Crippen LogP contribution < -0.4 is 0 Å². The summed E-state index contributed by atoms with van der Waals surface area (Å²) in [7, 11) is 0. The molecule has 1 heterocycles. The Bertz CT molecular complexity index is 513. The highest BCUT2D eigenvalue weighted by Gasteiger charge is 2.07. The molecule has 70 valence electrons. The number of nitrogens with zero attached hydrogens (tertiary/aromatic N) is 2. The minimum Gasteiger partial charge on any atom is -0.258 e. The second kappa shape index (κ2) is 3.02. The molecule has 0 amide bonds. The quantitative estimate of drug-likeness (QED) is 0.514. The summed E-state index contributed by atoms with van der Waals surface area (Å²) >= 11 is 0. The number of nitro groups is 1. The zero-order chi connectivity index (χ0) is 10.1. The number of fused-ring (bicyclic) bond motifs is 1. The van der Waals surface area contributed by atoms with Crippen molar-refractivity contribution in [3.63, 3.8) is 0 Å². The van der Waals surface area contributed by atoms with E-state index in [0.717, 1.165) is 6.20 Å². The molecule has 0 atom stereocenters. The molecule has 0 bridgehead atoms. The van der Waals surface area contributed by atoms with Gasteiger partial charge in [-0.05, 0) is 12.1 Å². The molecule has 2 rings (SSSR count). The van der Waals surface area contributed by atoms with Gasteiger partial charge in [-0.3, -0.25) is 10.1 Å². The van der Waals surface area contributed by atoms with Gasteiger partial charge in [-0.1, -0.05) is 0 Å². The Morgan fingerprint density at radius 1 is 1.36 bits per heavy atom. The van der Waals surface area contributed by atoms with Crippen LogP contribution >= 0.6 is 0 Å². The Morgan fingerprint density at radius 2 is 2.14 bits per heavy atom. The lowest BCUT2D eigenvalue weighted by molar-refractivity contribution is -0.385. The van der Waals surface area contributed by atoms with Crippen LogP contribution in [-0.4, -0.2) is 9.91 Å². The van der Waals surface area contributed by atoms with E-state index in [2.05, 4.69) is 4.98 Å². The second-order valence-corrected chi connectivity index (χ2v) is 2.79. The van der Waals surface area contributed by atoms with Gasteiger partial charge >= 0.3 is 0 Å². The molecule has 0 N–H and O–H groups in total. The van der Waals surface area contributed by atoms with Crippen molar-refractivity contribution in [1.29, 1.82) is 0 Å². The highest BCUT2D eigenvalue weighted by molar-refractivity contribution is 5.80. The van der Waals surface area contributed by atoms with E-state index in [9.17, 15) is 14.5 Å². The predicted octanol–water partition coefficient (Wildman–Crippen LogP) is 2.28. The number of pyridine rings is 1. The SMILES string of the molecule is O=[N+]([O-])c1cnc2cc(F)ccc2c1. The summed E-state index contributed by atoms with van der Waals surface area (Å²) in [4.78, 5) is 13.7. The van der Waals surface area contributed by atoms with Crippen molar-refractivity contribution in [2.45, 2.75) is 0 Å². The van der Waals surface area contributed by atoms with Crippen LogP contribution in [0.1, 0.15) is 0 Å². The van der Waals surface area contributed by atoms with Crippen LogP contribution in [0, 0.1) is 15.9 Å². The van der Waals surface area contributed by atoms with Crippen molar-refractivity contribution in [3.05, 3.63) is 46.4 Å². The van der Waals surface area contributed by atoms with E-state index in [1.165, 1.54) is 24.3 Å². The highest BCUT2D eigenvalue weighted by Crippen LogP contribution is 2.18. The standard InChI is InChI=1S/C9H5FN2O2/c10-7-2-1-6-3-8(12(13)14)5-11-9(6)4-7/h1-5H. The lowest BCUT2D eigenvalue weighted by atomic mass is 10.2. The van der Waals surface area contributed by atoms with Crippen LogP contribution in [0.4, 0.5) is 10.1 Å². The van der Waals surface area contributed by atoms with Gasteiger partial charge < -0.3 is 0 Å². The van der Waals surface area contributed by atoms with Crippen molar-refractivity contribution in [1.82, 2.24) is 4.98 Å². The van der Waals surface area contributed by atoms with E-state index in [-0.39, 0.29) is 5.69 Å². The minimum absolute atomic E-state index is 0.0934. The molecule has 0 aliphatic rings. The van der Waals surface area contributed by atoms with Crippen LogP contribution in [0.25, 0.3) is 10.9 Å². The Balaban J connectivity index is 2.67. The highest BCUT2D eigenvalue weighted by atomic mass is 19.1. The van der Waals surface area contributed by atoms with Gasteiger partial charge in [0.1, 0.15) is 12.0 Å². The third-order valence-corrected chi connectivity index (χ3v) is 1.84. The first kappa shape index (κ1) is 8.55. The van der Waals surface area contributed by atoms with Gasteiger partial charge in [0.2, 0.25) is 0 Å². The summed E-state index contributed by atoms with van der Waals surface area (Å²) in [6.45, 7) is 0. The molecule has 2 aromatic rings. The summed E-state index contributed by atoms with van der Waals surface area (Å²) in [5.41, 5.74) is 0.319. The molecule has 0 unspecified atom stereocenters. The van der Waals surface area contributed by atoms with Crippen LogP contribution in [0.5, 0.6) is 0 Å². The Hall–Kier alpha value is -2.04. The van der Waals surface area contributed by atoms with Crippen molar-refractivity contribution in [2.24, 2.45) is 0 Å². The summed E-state index contributed by atoms with van der Waals surface area (Å²) in [5, 5.41) is 11.0. The molecule has 0 saturated carbocycles. The number of benzene rings is 1. The molecule has 0 radical (unpaired) electrons. The van der Waals surface area contributed by atoms with E-state index in [1.54, 1.807) is 0 Å². The molecule has 4 nitrogen and oxygen atoms in total. The van der Waals surface area contributed by atoms with Crippen molar-refractivity contribution in [3.8, 4) is 0 Å². The number of halogens is 1. The second-order valence-electron chi connectivity index (χ2n) is 2.79. The van der Waals surface area contributed by atoms with Gasteiger partial charge in [-0.15, -0.1) is 0 Å². The van der Waals surface area contributed by atoms with Crippen LogP contribution in [-0.2, 0) is 0 Å². The largest absolute Gasteiger partial charge is 0.288 e. The van der Waals surface area contributed by atoms with Gasteiger partial charge in [-0.25, -0.2) is 9.37 Å². The normalized spacial score (nSPS) is 10.4. The fourth-order valence-electron chi connectivity index (χ4n) is 1.18. The van der Waals surface area contributed by atoms with E-state index < -0.39 is 10.7 Å². The van der Waals surface area contributed by atoms with E-state index in [0.29, 0.717) is 10.9 Å². The summed E-state index contributed by atoms with van der Waals surface area (Å²) < 4.78 is 12.7. The third-order valence-electron chi connectivity index (χ3n) is 1.84. The Kier molecular flexibility index (Phi) is 1.85. The topological polar surface area (TPSA) is 56.0 Å². The maximum atomic E-state index is 12.7. The average molecular weight is 192 g/mol. The van der Waals surface area contributed by atoms with Gasteiger partial charge in [-0.2, -0.15) is 0 Å². The number of hydrogen-bond acceptors (Lipinski definition) is 3. The summed E-state index contributed by atoms with van der Waals surface area (Å²) in [6.07, 6.45) is 1.11. The maximum absolute atomic E-state index is 12.7. The van der Waals surface area contributed by atoms with Crippen molar-refractivity contribution < 1.29 is 9.31 Å². The molecule has 0 fully saturated rings. The lowest BCUT2D eigenvalue weighted by Crippen LogP contribution is -1.89. The fourth-order valence-corrected chi connectivity index (χ4v) is 1.18. The zero-order valence-corrected chi connectivity index (χ0v) is 6.98. The van der Waals surface area contributed by atoms with Crippen LogP contribution in [0.2, 0.25) is 0 Å². The van der Waals surface area contributed by atoms with Crippen LogP contribution in [0.15, 0.2) is 30.5 Å². The molecule has 14 heavy (non-hydrogen) atoms. The average Bonchev–Trinajstić information content (AvgIpc) is 2.16. The predicted molar refractivity (Wildman–Crippen MR) is 48.4 cm³/mol. The van der Waals surface area contributed by atoms with E-state index >= 15 is 0 Å². The first-order chi connectivity index (χ1) is 6.66. The Labute approximate surface area is 78.2 Å². The van der Waals surface area contributed by atoms with Gasteiger partial charge in [0.25, 0.3) is 5.69 Å². The minimum atomic E-state index is -0.532. The van der Waals surface area contributed by atoms with E-state index in [1.807, 2.05) is 0 Å². The van der Waals surface area contributed by atoms with Gasteiger partial charge in [0.15, 0.2) is 0 Å². The molecule has 0 saturated heterocycles. The van der Waals surface area contributed by atoms with Crippen molar-refractivity contribution in [2.75, 3.05) is 0 Å². The summed E-state index contributed by atoms with van der Waals surface area (Å²) in [6, 6.07) is 5.30. The molecule has 5 heteroatoms. The van der Waals surface area contributed by atoms with E-state index in [4.69, 9.17) is 0 Å². The number of hydrogen-bond donors (Lipinski definition) is 0. The fraction of sp³-hybridized carbons (Fsp3) is 0. The molecular weight excluding hydrogens is 187 g/mol. The first-order valence-corrected chi connectivity index (χ1v) is 3.86. The molecular formula is C9H5FN2O2. The maximum Gasteiger partial charge on any atom is 0.288 e. The molecule has 1 aromatic heterocycles. The lowest BCUT2D eigenvalue weighted by Gasteiger charge is -1.96. The van der Waals surface area contributed by atoms with Gasteiger partial charge in [0, 0.05) is 17.5 Å². The Morgan fingerprint density at radius 3 is 2.86 bits per heavy atom. The zero-order valence-electron chi connectivity index (χ0n) is 6.98. The van der Waals surface area contributed by atoms with Crippen molar-refractivity contribution >= 4 is 16.6 Å². The molecule has 0 aliphatic carbocycles. The van der Waals surface area contributed by atoms with Crippen LogP contribution in [0.3, 0.4) is 0 Å². The monoisotopic (exact) mass is 192 g/mol. The first-order valence-electron chi connectivity index (χ1n) is 3.86. The molecule has 0 aliphatic heterocycles.